The highest BCUT2D eigenvalue weighted by Gasteiger charge is 2.59. The van der Waals surface area contributed by atoms with Crippen molar-refractivity contribution in [3.8, 4) is 5.75 Å². The zero-order valence-corrected chi connectivity index (χ0v) is 20.6. The minimum Gasteiger partial charge on any atom is -0.493 e. The summed E-state index contributed by atoms with van der Waals surface area (Å²) in [4.78, 5) is 19.9. The standard InChI is InChI=1S/C27H26Cl2N2O2/c1-5-33-23-9-7-6-8-22(23)24-30-26(3,19-12-10-18(2)11-13-19)27(4,31(24)25(29)32)20-14-16-21(28)17-15-20/h6-17H,5H2,1-4H3/t26-,27+/m0/s1. The molecular weight excluding hydrogens is 455 g/mol. The summed E-state index contributed by atoms with van der Waals surface area (Å²) >= 11 is 12.5. The number of amidine groups is 1. The van der Waals surface area contributed by atoms with Crippen LogP contribution in [-0.4, -0.2) is 22.7 Å². The van der Waals surface area contributed by atoms with Crippen LogP contribution in [0.15, 0.2) is 77.8 Å². The zero-order valence-electron chi connectivity index (χ0n) is 19.1. The van der Waals surface area contributed by atoms with Crippen LogP contribution in [0.3, 0.4) is 0 Å². The molecule has 6 heteroatoms. The van der Waals surface area contributed by atoms with Crippen molar-refractivity contribution in [1.29, 1.82) is 0 Å². The molecule has 0 N–H and O–H groups in total. The maximum absolute atomic E-state index is 13.1. The number of aryl methyl sites for hydroxylation is 1. The van der Waals surface area contributed by atoms with Gasteiger partial charge >= 0.3 is 5.37 Å². The normalized spacial score (nSPS) is 22.2. The molecule has 33 heavy (non-hydrogen) atoms. The SMILES string of the molecule is CCOc1ccccc1C1=N[C@@](C)(c2ccc(C)cc2)[C@@](C)(c2ccc(Cl)cc2)N1C(=O)Cl. The zero-order chi connectivity index (χ0) is 23.8. The quantitative estimate of drug-likeness (QED) is 0.284. The minimum absolute atomic E-state index is 0.472. The highest BCUT2D eigenvalue weighted by atomic mass is 35.5. The lowest BCUT2D eigenvalue weighted by Gasteiger charge is -2.44. The summed E-state index contributed by atoms with van der Waals surface area (Å²) in [6.45, 7) is 8.49. The van der Waals surface area contributed by atoms with E-state index in [1.54, 1.807) is 4.90 Å². The van der Waals surface area contributed by atoms with Gasteiger partial charge in [0.15, 0.2) is 0 Å². The number of halogens is 2. The van der Waals surface area contributed by atoms with Crippen molar-refractivity contribution in [3.63, 3.8) is 0 Å². The lowest BCUT2D eigenvalue weighted by atomic mass is 9.71. The van der Waals surface area contributed by atoms with Crippen molar-refractivity contribution in [2.75, 3.05) is 6.61 Å². The summed E-state index contributed by atoms with van der Waals surface area (Å²) in [5, 5.41) is -0.00249. The molecule has 1 aliphatic heterocycles. The Hall–Kier alpha value is -2.82. The highest BCUT2D eigenvalue weighted by Crippen LogP contribution is 2.53. The summed E-state index contributed by atoms with van der Waals surface area (Å²) in [5.41, 5.74) is 1.93. The van der Waals surface area contributed by atoms with E-state index in [1.165, 1.54) is 0 Å². The van der Waals surface area contributed by atoms with Gasteiger partial charge in [0.2, 0.25) is 0 Å². The van der Waals surface area contributed by atoms with E-state index < -0.39 is 16.4 Å². The number of hydrogen-bond donors (Lipinski definition) is 0. The molecule has 0 saturated heterocycles. The van der Waals surface area contributed by atoms with Gasteiger partial charge in [0, 0.05) is 5.02 Å². The molecule has 0 aliphatic carbocycles. The number of ether oxygens (including phenoxy) is 1. The molecule has 170 valence electrons. The van der Waals surface area contributed by atoms with Gasteiger partial charge in [0.1, 0.15) is 22.7 Å². The molecule has 0 unspecified atom stereocenters. The van der Waals surface area contributed by atoms with Gasteiger partial charge in [-0.05, 0) is 74.7 Å². The fourth-order valence-electron chi connectivity index (χ4n) is 4.58. The molecule has 3 aromatic carbocycles. The first-order valence-corrected chi connectivity index (χ1v) is 11.6. The number of carbonyl (C=O) groups is 1. The van der Waals surface area contributed by atoms with Crippen molar-refractivity contribution in [1.82, 2.24) is 4.90 Å². The second kappa shape index (κ2) is 8.85. The Labute approximate surface area is 204 Å². The summed E-state index contributed by atoms with van der Waals surface area (Å²) in [6.07, 6.45) is 0. The largest absolute Gasteiger partial charge is 0.493 e. The first-order chi connectivity index (χ1) is 15.7. The van der Waals surface area contributed by atoms with Crippen LogP contribution in [0.25, 0.3) is 0 Å². The predicted molar refractivity (Wildman–Crippen MR) is 135 cm³/mol. The molecule has 2 atom stereocenters. The smallest absolute Gasteiger partial charge is 0.322 e. The summed E-state index contributed by atoms with van der Waals surface area (Å²) < 4.78 is 5.88. The van der Waals surface area contributed by atoms with E-state index in [0.717, 1.165) is 16.7 Å². The van der Waals surface area contributed by atoms with Crippen LogP contribution < -0.4 is 4.74 Å². The number of para-hydroxylation sites is 1. The molecule has 1 heterocycles. The van der Waals surface area contributed by atoms with Gasteiger partial charge in [-0.1, -0.05) is 65.7 Å². The average molecular weight is 481 g/mol. The van der Waals surface area contributed by atoms with Gasteiger partial charge in [-0.15, -0.1) is 0 Å². The van der Waals surface area contributed by atoms with E-state index in [0.29, 0.717) is 28.8 Å². The third-order valence-corrected chi connectivity index (χ3v) is 6.98. The summed E-state index contributed by atoms with van der Waals surface area (Å²) in [7, 11) is 0. The summed E-state index contributed by atoms with van der Waals surface area (Å²) in [6, 6.07) is 23.3. The molecule has 0 bridgehead atoms. The second-order valence-electron chi connectivity index (χ2n) is 8.47. The lowest BCUT2D eigenvalue weighted by molar-refractivity contribution is 0.149. The van der Waals surface area contributed by atoms with Crippen molar-refractivity contribution in [3.05, 3.63) is 100 Å². The highest BCUT2D eigenvalue weighted by molar-refractivity contribution is 6.64. The van der Waals surface area contributed by atoms with E-state index >= 15 is 0 Å². The Morgan fingerprint density at radius 2 is 1.58 bits per heavy atom. The fourth-order valence-corrected chi connectivity index (χ4v) is 4.96. The van der Waals surface area contributed by atoms with Crippen LogP contribution in [0, 0.1) is 6.92 Å². The van der Waals surface area contributed by atoms with E-state index in [4.69, 9.17) is 32.9 Å². The number of amides is 1. The van der Waals surface area contributed by atoms with Crippen molar-refractivity contribution in [2.45, 2.75) is 38.8 Å². The molecule has 0 aromatic heterocycles. The van der Waals surface area contributed by atoms with Gasteiger partial charge < -0.3 is 4.74 Å². The van der Waals surface area contributed by atoms with Crippen LogP contribution in [0.4, 0.5) is 4.79 Å². The number of nitrogens with zero attached hydrogens (tertiary/aromatic N) is 2. The number of benzene rings is 3. The van der Waals surface area contributed by atoms with Gasteiger partial charge in [-0.25, -0.2) is 0 Å². The Kier molecular flexibility index (Phi) is 6.26. The van der Waals surface area contributed by atoms with Crippen LogP contribution >= 0.6 is 23.2 Å². The van der Waals surface area contributed by atoms with Crippen LogP contribution in [0.2, 0.25) is 5.02 Å². The van der Waals surface area contributed by atoms with Crippen LogP contribution in [-0.2, 0) is 11.1 Å². The molecular formula is C27H26Cl2N2O2. The topological polar surface area (TPSA) is 41.9 Å². The van der Waals surface area contributed by atoms with Gasteiger partial charge in [-0.2, -0.15) is 0 Å². The van der Waals surface area contributed by atoms with Crippen molar-refractivity contribution in [2.24, 2.45) is 4.99 Å². The molecule has 0 saturated carbocycles. The Balaban J connectivity index is 2.03. The molecule has 3 aromatic rings. The summed E-state index contributed by atoms with van der Waals surface area (Å²) in [5.74, 6) is 1.12. The molecule has 0 radical (unpaired) electrons. The number of rotatable bonds is 5. The van der Waals surface area contributed by atoms with Gasteiger partial charge in [-0.3, -0.25) is 14.7 Å². The Morgan fingerprint density at radius 3 is 2.18 bits per heavy atom. The molecule has 4 nitrogen and oxygen atoms in total. The first-order valence-electron chi connectivity index (χ1n) is 10.9. The van der Waals surface area contributed by atoms with Crippen molar-refractivity contribution < 1.29 is 9.53 Å². The second-order valence-corrected chi connectivity index (χ2v) is 9.23. The van der Waals surface area contributed by atoms with Crippen LogP contribution in [0.1, 0.15) is 43.0 Å². The Bertz CT molecular complexity index is 1210. The number of hydrogen-bond acceptors (Lipinski definition) is 3. The van der Waals surface area contributed by atoms with Gasteiger partial charge in [0.05, 0.1) is 12.2 Å². The van der Waals surface area contributed by atoms with Crippen molar-refractivity contribution >= 4 is 34.4 Å². The van der Waals surface area contributed by atoms with Crippen LogP contribution in [0.5, 0.6) is 5.75 Å². The first kappa shape index (κ1) is 23.3. The third-order valence-electron chi connectivity index (χ3n) is 6.56. The average Bonchev–Trinajstić information content (AvgIpc) is 3.04. The van der Waals surface area contributed by atoms with E-state index in [9.17, 15) is 4.79 Å². The maximum atomic E-state index is 13.1. The third kappa shape index (κ3) is 3.81. The molecule has 0 fully saturated rings. The molecule has 1 amide bonds. The predicted octanol–water partition coefficient (Wildman–Crippen LogP) is 7.30. The van der Waals surface area contributed by atoms with E-state index in [1.807, 2.05) is 76.2 Å². The fraction of sp³-hybridized carbons (Fsp3) is 0.259. The monoisotopic (exact) mass is 480 g/mol. The maximum Gasteiger partial charge on any atom is 0.322 e. The Morgan fingerprint density at radius 1 is 0.970 bits per heavy atom. The molecule has 1 aliphatic rings. The van der Waals surface area contributed by atoms with E-state index in [-0.39, 0.29) is 0 Å². The number of carbonyl (C=O) groups excluding carboxylic acids is 1. The van der Waals surface area contributed by atoms with Gasteiger partial charge in [0.25, 0.3) is 0 Å². The molecule has 4 rings (SSSR count). The van der Waals surface area contributed by atoms with E-state index in [2.05, 4.69) is 24.3 Å². The lowest BCUT2D eigenvalue weighted by Crippen LogP contribution is -2.53. The molecule has 0 spiro atoms. The number of aliphatic imine (C=N–C) groups is 1. The minimum atomic E-state index is -0.930.